The lowest BCUT2D eigenvalue weighted by Crippen LogP contribution is -2.39. The van der Waals surface area contributed by atoms with Crippen LogP contribution in [0.1, 0.15) is 46.4 Å². The smallest absolute Gasteiger partial charge is 0.259 e. The highest BCUT2D eigenvalue weighted by atomic mass is 35.5. The summed E-state index contributed by atoms with van der Waals surface area (Å²) in [4.78, 5) is 31.5. The van der Waals surface area contributed by atoms with Gasteiger partial charge in [0, 0.05) is 33.3 Å². The summed E-state index contributed by atoms with van der Waals surface area (Å²) in [6, 6.07) is 6.65. The molecule has 0 bridgehead atoms. The average Bonchev–Trinajstić information content (AvgIpc) is 2.76. The third-order valence-electron chi connectivity index (χ3n) is 5.54. The monoisotopic (exact) mass is 465 g/mol. The summed E-state index contributed by atoms with van der Waals surface area (Å²) in [5.41, 5.74) is -0.163. The fraction of sp³-hybridized carbons (Fsp3) is 0.435. The number of halogens is 3. The van der Waals surface area contributed by atoms with Crippen molar-refractivity contribution in [2.24, 2.45) is 5.92 Å². The molecule has 0 spiro atoms. The minimum atomic E-state index is -0.831. The molecule has 1 aromatic carbocycles. The van der Waals surface area contributed by atoms with Gasteiger partial charge in [-0.05, 0) is 49.8 Å². The molecule has 3 rings (SSSR count). The van der Waals surface area contributed by atoms with Crippen molar-refractivity contribution in [3.63, 3.8) is 0 Å². The van der Waals surface area contributed by atoms with Gasteiger partial charge < -0.3 is 14.5 Å². The Morgan fingerprint density at radius 1 is 1.16 bits per heavy atom. The number of likely N-dealkylation sites (tertiary alicyclic amines) is 1. The van der Waals surface area contributed by atoms with Crippen LogP contribution in [0.2, 0.25) is 5.15 Å². The minimum absolute atomic E-state index is 0.101. The fourth-order valence-corrected chi connectivity index (χ4v) is 3.96. The summed E-state index contributed by atoms with van der Waals surface area (Å²) < 4.78 is 33.4. The molecule has 2 amide bonds. The normalized spacial score (nSPS) is 14.3. The lowest BCUT2D eigenvalue weighted by atomic mass is 9.92. The molecule has 2 heterocycles. The van der Waals surface area contributed by atoms with E-state index in [1.54, 1.807) is 26.2 Å². The Hall–Kier alpha value is -2.74. The van der Waals surface area contributed by atoms with Crippen molar-refractivity contribution in [1.82, 2.24) is 14.8 Å². The Kier molecular flexibility index (Phi) is 8.01. The van der Waals surface area contributed by atoms with Crippen LogP contribution in [0.4, 0.5) is 8.78 Å². The van der Waals surface area contributed by atoms with Crippen molar-refractivity contribution >= 4 is 23.4 Å². The molecule has 0 aliphatic carbocycles. The van der Waals surface area contributed by atoms with Gasteiger partial charge in [-0.3, -0.25) is 9.59 Å². The zero-order valence-corrected chi connectivity index (χ0v) is 18.9. The summed E-state index contributed by atoms with van der Waals surface area (Å²) in [5, 5.41) is 0.101. The maximum Gasteiger partial charge on any atom is 0.259 e. The van der Waals surface area contributed by atoms with E-state index in [1.165, 1.54) is 15.9 Å². The minimum Gasteiger partial charge on any atom is -0.478 e. The molecule has 1 aromatic heterocycles. The molecule has 2 aromatic rings. The topological polar surface area (TPSA) is 62.7 Å². The molecule has 1 aliphatic rings. The van der Waals surface area contributed by atoms with Gasteiger partial charge in [0.25, 0.3) is 11.8 Å². The zero-order chi connectivity index (χ0) is 23.3. The van der Waals surface area contributed by atoms with E-state index in [2.05, 4.69) is 4.98 Å². The van der Waals surface area contributed by atoms with Gasteiger partial charge in [-0.2, -0.15) is 0 Å². The number of carbonyl (C=O) groups is 2. The highest BCUT2D eigenvalue weighted by molar-refractivity contribution is 6.32. The predicted molar refractivity (Wildman–Crippen MR) is 117 cm³/mol. The maximum atomic E-state index is 13.9. The zero-order valence-electron chi connectivity index (χ0n) is 18.1. The number of pyridine rings is 1. The number of rotatable bonds is 7. The largest absolute Gasteiger partial charge is 0.478 e. The molecule has 1 fully saturated rings. The van der Waals surface area contributed by atoms with Gasteiger partial charge in [0.05, 0.1) is 12.2 Å². The van der Waals surface area contributed by atoms with Crippen LogP contribution in [-0.4, -0.2) is 60.4 Å². The fourth-order valence-electron chi connectivity index (χ4n) is 3.73. The van der Waals surface area contributed by atoms with E-state index in [0.29, 0.717) is 37.1 Å². The number of piperidine rings is 1. The molecule has 9 heteroatoms. The van der Waals surface area contributed by atoms with E-state index in [-0.39, 0.29) is 11.1 Å². The lowest BCUT2D eigenvalue weighted by molar-refractivity contribution is 0.0673. The Morgan fingerprint density at radius 2 is 1.81 bits per heavy atom. The standard InChI is InChI=1S/C23H26ClF2N3O3/c1-28(2)22(30)16-8-9-19(27-21(16)24)32-14-4-5-15-10-12-29(13-11-15)23(31)20-17(25)6-3-7-18(20)26/h3,6-9,15H,4-5,10-14H2,1-2H3. The van der Waals surface area contributed by atoms with E-state index in [1.807, 2.05) is 0 Å². The number of aromatic nitrogens is 1. The molecular weight excluding hydrogens is 440 g/mol. The van der Waals surface area contributed by atoms with Crippen LogP contribution in [0.5, 0.6) is 5.88 Å². The Balaban J connectivity index is 1.42. The van der Waals surface area contributed by atoms with Crippen molar-refractivity contribution in [3.8, 4) is 5.88 Å². The van der Waals surface area contributed by atoms with E-state index in [9.17, 15) is 18.4 Å². The second kappa shape index (κ2) is 10.7. The molecule has 0 unspecified atom stereocenters. The molecule has 0 radical (unpaired) electrons. The van der Waals surface area contributed by atoms with Gasteiger partial charge in [0.15, 0.2) is 0 Å². The van der Waals surface area contributed by atoms with Gasteiger partial charge in [-0.1, -0.05) is 17.7 Å². The Bertz CT molecular complexity index is 959. The number of nitrogens with zero attached hydrogens (tertiary/aromatic N) is 3. The number of ether oxygens (including phenoxy) is 1. The molecular formula is C23H26ClF2N3O3. The maximum absolute atomic E-state index is 13.9. The molecule has 1 aliphatic heterocycles. The predicted octanol–water partition coefficient (Wildman–Crippen LogP) is 4.43. The first-order valence-corrected chi connectivity index (χ1v) is 10.9. The third kappa shape index (κ3) is 5.73. The summed E-state index contributed by atoms with van der Waals surface area (Å²) in [5.74, 6) is -1.72. The van der Waals surface area contributed by atoms with Gasteiger partial charge in [-0.15, -0.1) is 0 Å². The van der Waals surface area contributed by atoms with Gasteiger partial charge in [0.2, 0.25) is 5.88 Å². The molecule has 172 valence electrons. The van der Waals surface area contributed by atoms with Crippen LogP contribution in [0.25, 0.3) is 0 Å². The Morgan fingerprint density at radius 3 is 2.41 bits per heavy atom. The Labute approximate surface area is 191 Å². The molecule has 0 N–H and O–H groups in total. The highest BCUT2D eigenvalue weighted by Gasteiger charge is 2.27. The SMILES string of the molecule is CN(C)C(=O)c1ccc(OCCCC2CCN(C(=O)c3c(F)cccc3F)CC2)nc1Cl. The second-order valence-corrected chi connectivity index (χ2v) is 8.37. The molecule has 0 atom stereocenters. The number of amides is 2. The van der Waals surface area contributed by atoms with Gasteiger partial charge >= 0.3 is 0 Å². The van der Waals surface area contributed by atoms with Crippen LogP contribution in [0, 0.1) is 17.6 Å². The number of benzene rings is 1. The first kappa shape index (κ1) is 23.9. The van der Waals surface area contributed by atoms with Crippen molar-refractivity contribution in [2.45, 2.75) is 25.7 Å². The highest BCUT2D eigenvalue weighted by Crippen LogP contribution is 2.25. The van der Waals surface area contributed by atoms with Gasteiger partial charge in [0.1, 0.15) is 22.4 Å². The van der Waals surface area contributed by atoms with Crippen LogP contribution in [-0.2, 0) is 0 Å². The molecule has 0 saturated carbocycles. The number of hydrogen-bond acceptors (Lipinski definition) is 4. The van der Waals surface area contributed by atoms with Gasteiger partial charge in [-0.25, -0.2) is 13.8 Å². The number of carbonyl (C=O) groups excluding carboxylic acids is 2. The van der Waals surface area contributed by atoms with E-state index < -0.39 is 23.1 Å². The van der Waals surface area contributed by atoms with E-state index in [0.717, 1.165) is 37.8 Å². The molecule has 1 saturated heterocycles. The van der Waals surface area contributed by atoms with E-state index in [4.69, 9.17) is 16.3 Å². The van der Waals surface area contributed by atoms with Crippen molar-refractivity contribution in [1.29, 1.82) is 0 Å². The lowest BCUT2D eigenvalue weighted by Gasteiger charge is -2.32. The van der Waals surface area contributed by atoms with E-state index >= 15 is 0 Å². The number of hydrogen-bond donors (Lipinski definition) is 0. The summed E-state index contributed by atoms with van der Waals surface area (Å²) in [6.45, 7) is 1.39. The van der Waals surface area contributed by atoms with Crippen molar-refractivity contribution < 1.29 is 23.1 Å². The van der Waals surface area contributed by atoms with Crippen LogP contribution in [0.15, 0.2) is 30.3 Å². The quantitative estimate of drug-likeness (QED) is 0.448. The average molecular weight is 466 g/mol. The first-order valence-electron chi connectivity index (χ1n) is 10.5. The summed E-state index contributed by atoms with van der Waals surface area (Å²) in [6.07, 6.45) is 3.24. The summed E-state index contributed by atoms with van der Waals surface area (Å²) >= 11 is 6.09. The molecule has 32 heavy (non-hydrogen) atoms. The molecule has 6 nitrogen and oxygen atoms in total. The van der Waals surface area contributed by atoms with Crippen molar-refractivity contribution in [2.75, 3.05) is 33.8 Å². The second-order valence-electron chi connectivity index (χ2n) is 8.01. The third-order valence-corrected chi connectivity index (χ3v) is 5.83. The van der Waals surface area contributed by atoms with Crippen LogP contribution < -0.4 is 4.74 Å². The van der Waals surface area contributed by atoms with Crippen molar-refractivity contribution in [3.05, 3.63) is 58.2 Å². The first-order chi connectivity index (χ1) is 15.3. The summed E-state index contributed by atoms with van der Waals surface area (Å²) in [7, 11) is 3.28. The van der Waals surface area contributed by atoms with Crippen LogP contribution in [0.3, 0.4) is 0 Å². The van der Waals surface area contributed by atoms with Crippen LogP contribution >= 0.6 is 11.6 Å².